The van der Waals surface area contributed by atoms with Crippen molar-refractivity contribution in [3.8, 4) is 0 Å². The minimum Gasteiger partial charge on any atom is -0.361 e. The maximum absolute atomic E-state index is 12.2. The number of amides is 1. The molecule has 2 N–H and O–H groups in total. The minimum absolute atomic E-state index is 0.0681. The maximum atomic E-state index is 12.2. The van der Waals surface area contributed by atoms with Crippen LogP contribution in [0.15, 0.2) is 36.5 Å². The highest BCUT2D eigenvalue weighted by Crippen LogP contribution is 2.19. The number of nitrogens with zero attached hydrogens (tertiary/aromatic N) is 2. The number of hydrogen-bond acceptors (Lipinski definition) is 2. The summed E-state index contributed by atoms with van der Waals surface area (Å²) < 4.78 is 1.95. The number of nitrogens with one attached hydrogen (secondary N) is 2. The molecule has 0 aliphatic heterocycles. The van der Waals surface area contributed by atoms with Crippen molar-refractivity contribution in [2.75, 3.05) is 0 Å². The zero-order valence-electron chi connectivity index (χ0n) is 15.2. The molecule has 2 heterocycles. The van der Waals surface area contributed by atoms with E-state index < -0.39 is 0 Å². The van der Waals surface area contributed by atoms with E-state index >= 15 is 0 Å². The summed E-state index contributed by atoms with van der Waals surface area (Å²) in [5.41, 5.74) is 4.56. The molecule has 2 aromatic heterocycles. The molecule has 5 nitrogen and oxygen atoms in total. The van der Waals surface area contributed by atoms with Crippen LogP contribution in [0.5, 0.6) is 0 Å². The van der Waals surface area contributed by atoms with Crippen molar-refractivity contribution in [3.63, 3.8) is 0 Å². The molecule has 0 saturated heterocycles. The molecule has 3 aromatic rings. The molecule has 3 rings (SSSR count). The topological polar surface area (TPSA) is 62.7 Å². The number of rotatable bonds is 7. The first-order valence-corrected chi connectivity index (χ1v) is 8.88. The van der Waals surface area contributed by atoms with E-state index in [-0.39, 0.29) is 11.9 Å². The van der Waals surface area contributed by atoms with Crippen LogP contribution in [0.3, 0.4) is 0 Å². The van der Waals surface area contributed by atoms with Crippen molar-refractivity contribution >= 4 is 16.8 Å². The molecule has 1 atom stereocenters. The molecule has 0 saturated carbocycles. The predicted molar refractivity (Wildman–Crippen MR) is 101 cm³/mol. The molecule has 132 valence electrons. The van der Waals surface area contributed by atoms with Crippen molar-refractivity contribution in [3.05, 3.63) is 53.5 Å². The SMILES string of the molecule is Cc1cc(C)n(C[C@H](C)NC(=O)CCCc2c[nH]c3ccccc23)n1. The molecule has 0 bridgehead atoms. The lowest BCUT2D eigenvalue weighted by molar-refractivity contribution is -0.121. The van der Waals surface area contributed by atoms with Gasteiger partial charge in [0.05, 0.1) is 12.2 Å². The van der Waals surface area contributed by atoms with Gasteiger partial charge >= 0.3 is 0 Å². The monoisotopic (exact) mass is 338 g/mol. The lowest BCUT2D eigenvalue weighted by atomic mass is 10.1. The number of aromatic amines is 1. The second-order valence-electron chi connectivity index (χ2n) is 6.79. The molecule has 1 aromatic carbocycles. The summed E-state index contributed by atoms with van der Waals surface area (Å²) in [5.74, 6) is 0.105. The highest BCUT2D eigenvalue weighted by atomic mass is 16.1. The molecule has 25 heavy (non-hydrogen) atoms. The summed E-state index contributed by atoms with van der Waals surface area (Å²) in [6, 6.07) is 10.4. The Bertz CT molecular complexity index is 862. The number of hydrogen-bond donors (Lipinski definition) is 2. The van der Waals surface area contributed by atoms with E-state index in [0.29, 0.717) is 13.0 Å². The van der Waals surface area contributed by atoms with E-state index in [9.17, 15) is 4.79 Å². The molecular weight excluding hydrogens is 312 g/mol. The van der Waals surface area contributed by atoms with Crippen molar-refractivity contribution in [1.82, 2.24) is 20.1 Å². The fourth-order valence-electron chi connectivity index (χ4n) is 3.29. The van der Waals surface area contributed by atoms with E-state index in [4.69, 9.17) is 0 Å². The van der Waals surface area contributed by atoms with E-state index in [1.165, 1.54) is 10.9 Å². The normalized spacial score (nSPS) is 12.4. The van der Waals surface area contributed by atoms with Crippen LogP contribution in [-0.2, 0) is 17.8 Å². The van der Waals surface area contributed by atoms with Gasteiger partial charge in [-0.25, -0.2) is 0 Å². The average molecular weight is 338 g/mol. The second-order valence-corrected chi connectivity index (χ2v) is 6.79. The fourth-order valence-corrected chi connectivity index (χ4v) is 3.29. The molecule has 0 spiro atoms. The summed E-state index contributed by atoms with van der Waals surface area (Å²) in [5, 5.41) is 8.77. The smallest absolute Gasteiger partial charge is 0.220 e. The van der Waals surface area contributed by atoms with Crippen LogP contribution in [0.4, 0.5) is 0 Å². The van der Waals surface area contributed by atoms with Crippen LogP contribution >= 0.6 is 0 Å². The Hall–Kier alpha value is -2.56. The number of aryl methyl sites for hydroxylation is 3. The third-order valence-electron chi connectivity index (χ3n) is 4.48. The van der Waals surface area contributed by atoms with Gasteiger partial charge in [-0.15, -0.1) is 0 Å². The van der Waals surface area contributed by atoms with Crippen LogP contribution < -0.4 is 5.32 Å². The van der Waals surface area contributed by atoms with E-state index in [2.05, 4.69) is 33.6 Å². The Balaban J connectivity index is 1.45. The zero-order valence-corrected chi connectivity index (χ0v) is 15.2. The van der Waals surface area contributed by atoms with Gasteiger partial charge in [-0.3, -0.25) is 9.48 Å². The molecule has 0 aliphatic rings. The largest absolute Gasteiger partial charge is 0.361 e. The number of H-pyrrole nitrogens is 1. The van der Waals surface area contributed by atoms with Crippen molar-refractivity contribution < 1.29 is 4.79 Å². The van der Waals surface area contributed by atoms with Gasteiger partial charge < -0.3 is 10.3 Å². The zero-order chi connectivity index (χ0) is 17.8. The van der Waals surface area contributed by atoms with Gasteiger partial charge in [0.15, 0.2) is 0 Å². The van der Waals surface area contributed by atoms with Crippen LogP contribution in [0.25, 0.3) is 10.9 Å². The Morgan fingerprint density at radius 2 is 2.12 bits per heavy atom. The van der Waals surface area contributed by atoms with Gasteiger partial charge in [0.25, 0.3) is 0 Å². The Labute approximate surface area is 148 Å². The Morgan fingerprint density at radius 3 is 2.88 bits per heavy atom. The Kier molecular flexibility index (Phi) is 5.22. The first kappa shape index (κ1) is 17.3. The van der Waals surface area contributed by atoms with Gasteiger partial charge in [-0.1, -0.05) is 18.2 Å². The molecule has 1 amide bonds. The van der Waals surface area contributed by atoms with E-state index in [0.717, 1.165) is 29.7 Å². The van der Waals surface area contributed by atoms with Crippen molar-refractivity contribution in [2.45, 2.75) is 52.6 Å². The highest BCUT2D eigenvalue weighted by Gasteiger charge is 2.11. The first-order valence-electron chi connectivity index (χ1n) is 8.88. The molecule has 0 fully saturated rings. The van der Waals surface area contributed by atoms with Crippen LogP contribution in [-0.4, -0.2) is 26.7 Å². The molecule has 5 heteroatoms. The van der Waals surface area contributed by atoms with Crippen molar-refractivity contribution in [1.29, 1.82) is 0 Å². The highest BCUT2D eigenvalue weighted by molar-refractivity contribution is 5.83. The molecule has 0 radical (unpaired) electrons. The maximum Gasteiger partial charge on any atom is 0.220 e. The molecule has 0 unspecified atom stereocenters. The standard InChI is InChI=1S/C20H26N4O/c1-14-11-16(3)24(23-14)13-15(2)22-20(25)10-6-7-17-12-21-19-9-5-4-8-18(17)19/h4-5,8-9,11-12,15,21H,6-7,10,13H2,1-3H3,(H,22,25)/t15-/m0/s1. The van der Waals surface area contributed by atoms with Crippen LogP contribution in [0.2, 0.25) is 0 Å². The van der Waals surface area contributed by atoms with Crippen LogP contribution in [0, 0.1) is 13.8 Å². The van der Waals surface area contributed by atoms with Gasteiger partial charge in [0.2, 0.25) is 5.91 Å². The van der Waals surface area contributed by atoms with Gasteiger partial charge in [-0.2, -0.15) is 5.10 Å². The quantitative estimate of drug-likeness (QED) is 0.692. The van der Waals surface area contributed by atoms with Gasteiger partial charge in [-0.05, 0) is 51.3 Å². The molecule has 0 aliphatic carbocycles. The number of benzene rings is 1. The lowest BCUT2D eigenvalue weighted by Gasteiger charge is -2.15. The summed E-state index contributed by atoms with van der Waals surface area (Å²) >= 11 is 0. The average Bonchev–Trinajstić information content (AvgIpc) is 3.11. The summed E-state index contributed by atoms with van der Waals surface area (Å²) in [6.45, 7) is 6.75. The summed E-state index contributed by atoms with van der Waals surface area (Å²) in [4.78, 5) is 15.5. The summed E-state index contributed by atoms with van der Waals surface area (Å²) in [7, 11) is 0. The summed E-state index contributed by atoms with van der Waals surface area (Å²) in [6.07, 6.45) is 4.35. The van der Waals surface area contributed by atoms with E-state index in [1.807, 2.05) is 43.8 Å². The van der Waals surface area contributed by atoms with Gasteiger partial charge in [0.1, 0.15) is 0 Å². The number of aromatic nitrogens is 3. The second kappa shape index (κ2) is 7.55. The van der Waals surface area contributed by atoms with Crippen LogP contribution in [0.1, 0.15) is 36.7 Å². The molecular formula is C20H26N4O. The number of fused-ring (bicyclic) bond motifs is 1. The van der Waals surface area contributed by atoms with Crippen molar-refractivity contribution in [2.24, 2.45) is 0 Å². The minimum atomic E-state index is 0.0681. The van der Waals surface area contributed by atoms with Gasteiger partial charge in [0, 0.05) is 35.3 Å². The number of carbonyl (C=O) groups is 1. The lowest BCUT2D eigenvalue weighted by Crippen LogP contribution is -2.36. The third-order valence-corrected chi connectivity index (χ3v) is 4.48. The number of para-hydroxylation sites is 1. The predicted octanol–water partition coefficient (Wildman–Crippen LogP) is 3.51. The number of carbonyl (C=O) groups excluding carboxylic acids is 1. The Morgan fingerprint density at radius 1 is 1.32 bits per heavy atom. The first-order chi connectivity index (χ1) is 12.0. The van der Waals surface area contributed by atoms with E-state index in [1.54, 1.807) is 0 Å². The third kappa shape index (κ3) is 4.29. The fraction of sp³-hybridized carbons (Fsp3) is 0.400.